The van der Waals surface area contributed by atoms with E-state index in [0.29, 0.717) is 18.3 Å². The summed E-state index contributed by atoms with van der Waals surface area (Å²) in [6, 6.07) is 2.31. The normalized spacial score (nSPS) is 17.9. The summed E-state index contributed by atoms with van der Waals surface area (Å²) >= 11 is 0. The predicted molar refractivity (Wildman–Crippen MR) is 65.0 cm³/mol. The van der Waals surface area contributed by atoms with Crippen LogP contribution in [0.25, 0.3) is 0 Å². The fourth-order valence-corrected chi connectivity index (χ4v) is 2.11. The molecule has 0 aliphatic heterocycles. The highest BCUT2D eigenvalue weighted by Crippen LogP contribution is 2.19. The van der Waals surface area contributed by atoms with Gasteiger partial charge in [0.25, 0.3) is 0 Å². The van der Waals surface area contributed by atoms with E-state index in [1.165, 1.54) is 19.3 Å². The maximum absolute atomic E-state index is 11.5. The van der Waals surface area contributed by atoms with Crippen LogP contribution in [-0.2, 0) is 9.53 Å². The van der Waals surface area contributed by atoms with Crippen molar-refractivity contribution in [2.75, 3.05) is 6.61 Å². The van der Waals surface area contributed by atoms with Gasteiger partial charge in [0.05, 0.1) is 6.61 Å². The van der Waals surface area contributed by atoms with E-state index in [1.807, 2.05) is 6.07 Å². The van der Waals surface area contributed by atoms with Gasteiger partial charge in [-0.2, -0.15) is 5.26 Å². The van der Waals surface area contributed by atoms with E-state index in [2.05, 4.69) is 5.32 Å². The van der Waals surface area contributed by atoms with Gasteiger partial charge in [-0.05, 0) is 26.7 Å². The highest BCUT2D eigenvalue weighted by molar-refractivity contribution is 5.93. The standard InChI is InChI=1S/C13H20N2O2/c1-3-17-13(16)12(9-14)10(2)15-11-7-5-4-6-8-11/h11,15H,3-8H2,1-2H3/b12-10+. The molecule has 0 heterocycles. The summed E-state index contributed by atoms with van der Waals surface area (Å²) in [5, 5.41) is 12.2. The van der Waals surface area contributed by atoms with Gasteiger partial charge in [-0.25, -0.2) is 4.79 Å². The third-order valence-corrected chi connectivity index (χ3v) is 2.99. The molecule has 0 radical (unpaired) electrons. The molecule has 0 aromatic heterocycles. The smallest absolute Gasteiger partial charge is 0.350 e. The minimum absolute atomic E-state index is 0.0948. The highest BCUT2D eigenvalue weighted by Gasteiger charge is 2.18. The van der Waals surface area contributed by atoms with Crippen LogP contribution in [0.2, 0.25) is 0 Å². The maximum atomic E-state index is 11.5. The van der Waals surface area contributed by atoms with Gasteiger partial charge < -0.3 is 10.1 Å². The van der Waals surface area contributed by atoms with Crippen LogP contribution in [0.5, 0.6) is 0 Å². The van der Waals surface area contributed by atoms with Crippen molar-refractivity contribution >= 4 is 5.97 Å². The first kappa shape index (κ1) is 13.6. The van der Waals surface area contributed by atoms with Crippen LogP contribution >= 0.6 is 0 Å². The molecule has 94 valence electrons. The number of hydrogen-bond acceptors (Lipinski definition) is 4. The molecule has 1 fully saturated rings. The Morgan fingerprint density at radius 1 is 1.41 bits per heavy atom. The first-order chi connectivity index (χ1) is 8.19. The minimum Gasteiger partial charge on any atom is -0.462 e. The molecule has 0 aromatic rings. The molecule has 1 N–H and O–H groups in total. The van der Waals surface area contributed by atoms with Gasteiger partial charge in [0.2, 0.25) is 0 Å². The Hall–Kier alpha value is -1.50. The topological polar surface area (TPSA) is 62.1 Å². The quantitative estimate of drug-likeness (QED) is 0.462. The first-order valence-electron chi connectivity index (χ1n) is 6.23. The monoisotopic (exact) mass is 236 g/mol. The number of nitrogens with zero attached hydrogens (tertiary/aromatic N) is 1. The van der Waals surface area contributed by atoms with Crippen molar-refractivity contribution in [3.63, 3.8) is 0 Å². The molecule has 0 unspecified atom stereocenters. The van der Waals surface area contributed by atoms with Crippen molar-refractivity contribution in [3.8, 4) is 6.07 Å². The molecule has 0 bridgehead atoms. The van der Waals surface area contributed by atoms with Crippen LogP contribution < -0.4 is 5.32 Å². The van der Waals surface area contributed by atoms with E-state index in [9.17, 15) is 4.79 Å². The summed E-state index contributed by atoms with van der Waals surface area (Å²) in [6.07, 6.45) is 5.93. The summed E-state index contributed by atoms with van der Waals surface area (Å²) in [5.74, 6) is -0.532. The molecule has 0 amide bonds. The van der Waals surface area contributed by atoms with Crippen LogP contribution in [0, 0.1) is 11.3 Å². The lowest BCUT2D eigenvalue weighted by atomic mass is 9.95. The van der Waals surface area contributed by atoms with Crippen molar-refractivity contribution in [3.05, 3.63) is 11.3 Å². The molecular weight excluding hydrogens is 216 g/mol. The number of esters is 1. The highest BCUT2D eigenvalue weighted by atomic mass is 16.5. The Labute approximate surface area is 103 Å². The fraction of sp³-hybridized carbons (Fsp3) is 0.692. The van der Waals surface area contributed by atoms with Gasteiger partial charge in [0.15, 0.2) is 5.57 Å². The van der Waals surface area contributed by atoms with Crippen LogP contribution in [0.4, 0.5) is 0 Å². The number of nitriles is 1. The van der Waals surface area contributed by atoms with Crippen LogP contribution in [0.3, 0.4) is 0 Å². The predicted octanol–water partition coefficient (Wildman–Crippen LogP) is 2.27. The minimum atomic E-state index is -0.532. The molecule has 0 atom stereocenters. The fourth-order valence-electron chi connectivity index (χ4n) is 2.11. The molecule has 1 aliphatic carbocycles. The molecule has 0 spiro atoms. The molecule has 17 heavy (non-hydrogen) atoms. The average molecular weight is 236 g/mol. The summed E-state index contributed by atoms with van der Waals surface area (Å²) in [7, 11) is 0. The number of allylic oxidation sites excluding steroid dienone is 1. The average Bonchev–Trinajstić information content (AvgIpc) is 2.31. The van der Waals surface area contributed by atoms with E-state index in [4.69, 9.17) is 10.00 Å². The number of carbonyl (C=O) groups excluding carboxylic acids is 1. The van der Waals surface area contributed by atoms with Gasteiger partial charge in [0, 0.05) is 11.7 Å². The molecule has 4 heteroatoms. The van der Waals surface area contributed by atoms with Crippen molar-refractivity contribution in [2.24, 2.45) is 0 Å². The molecule has 1 aliphatic rings. The van der Waals surface area contributed by atoms with Crippen molar-refractivity contribution < 1.29 is 9.53 Å². The van der Waals surface area contributed by atoms with Crippen LogP contribution in [0.1, 0.15) is 46.0 Å². The van der Waals surface area contributed by atoms with E-state index in [0.717, 1.165) is 12.8 Å². The van der Waals surface area contributed by atoms with Gasteiger partial charge in [-0.15, -0.1) is 0 Å². The molecular formula is C13H20N2O2. The zero-order valence-electron chi connectivity index (χ0n) is 10.6. The number of nitrogens with one attached hydrogen (secondary N) is 1. The molecule has 1 rings (SSSR count). The maximum Gasteiger partial charge on any atom is 0.350 e. The molecule has 1 saturated carbocycles. The van der Waals surface area contributed by atoms with Crippen LogP contribution in [-0.4, -0.2) is 18.6 Å². The van der Waals surface area contributed by atoms with Gasteiger partial charge in [0.1, 0.15) is 6.07 Å². The van der Waals surface area contributed by atoms with Crippen molar-refractivity contribution in [2.45, 2.75) is 52.0 Å². The Balaban J connectivity index is 2.65. The van der Waals surface area contributed by atoms with E-state index in [1.54, 1.807) is 13.8 Å². The van der Waals surface area contributed by atoms with E-state index >= 15 is 0 Å². The number of hydrogen-bond donors (Lipinski definition) is 1. The lowest BCUT2D eigenvalue weighted by Gasteiger charge is -2.24. The molecule has 0 aromatic carbocycles. The first-order valence-corrected chi connectivity index (χ1v) is 6.23. The van der Waals surface area contributed by atoms with Crippen molar-refractivity contribution in [1.29, 1.82) is 5.26 Å². The zero-order valence-corrected chi connectivity index (χ0v) is 10.6. The summed E-state index contributed by atoms with van der Waals surface area (Å²) in [6.45, 7) is 3.79. The molecule has 0 saturated heterocycles. The Bertz CT molecular complexity index is 336. The van der Waals surface area contributed by atoms with Gasteiger partial charge in [-0.1, -0.05) is 19.3 Å². The second-order valence-electron chi connectivity index (χ2n) is 4.31. The van der Waals surface area contributed by atoms with Crippen molar-refractivity contribution in [1.82, 2.24) is 5.32 Å². The lowest BCUT2D eigenvalue weighted by molar-refractivity contribution is -0.138. The SMILES string of the molecule is CCOC(=O)/C(C#N)=C(\C)NC1CCCCC1. The zero-order chi connectivity index (χ0) is 12.7. The van der Waals surface area contributed by atoms with Gasteiger partial charge in [-0.3, -0.25) is 0 Å². The van der Waals surface area contributed by atoms with E-state index in [-0.39, 0.29) is 5.57 Å². The Morgan fingerprint density at radius 3 is 2.59 bits per heavy atom. The largest absolute Gasteiger partial charge is 0.462 e. The third-order valence-electron chi connectivity index (χ3n) is 2.99. The number of carbonyl (C=O) groups is 1. The number of rotatable bonds is 4. The number of ether oxygens (including phenoxy) is 1. The van der Waals surface area contributed by atoms with E-state index < -0.39 is 5.97 Å². The summed E-state index contributed by atoms with van der Waals surface area (Å²) < 4.78 is 4.85. The lowest BCUT2D eigenvalue weighted by Crippen LogP contribution is -2.31. The summed E-state index contributed by atoms with van der Waals surface area (Å²) in [5.41, 5.74) is 0.732. The summed E-state index contributed by atoms with van der Waals surface area (Å²) in [4.78, 5) is 11.5. The second-order valence-corrected chi connectivity index (χ2v) is 4.31. The van der Waals surface area contributed by atoms with Crippen LogP contribution in [0.15, 0.2) is 11.3 Å². The second kappa shape index (κ2) is 6.95. The Morgan fingerprint density at radius 2 is 2.06 bits per heavy atom. The molecule has 4 nitrogen and oxygen atoms in total. The third kappa shape index (κ3) is 4.10. The van der Waals surface area contributed by atoms with Gasteiger partial charge >= 0.3 is 5.97 Å². The Kier molecular flexibility index (Phi) is 5.55.